The monoisotopic (exact) mass is 393 g/mol. The van der Waals surface area contributed by atoms with Crippen LogP contribution in [0.5, 0.6) is 0 Å². The molecule has 1 fully saturated rings. The van der Waals surface area contributed by atoms with E-state index in [1.807, 2.05) is 66.4 Å². The highest BCUT2D eigenvalue weighted by molar-refractivity contribution is 5.94. The summed E-state index contributed by atoms with van der Waals surface area (Å²) in [6, 6.07) is 18.1. The Hall–Kier alpha value is -2.86. The molecule has 6 heteroatoms. The SMILES string of the molecule is CN1CCN(C(=O)c2ccc(CNC(=NCc3ccccc3)N(C)C)cc2)CC1. The van der Waals surface area contributed by atoms with Crippen molar-refractivity contribution < 1.29 is 4.79 Å². The molecule has 0 aliphatic carbocycles. The van der Waals surface area contributed by atoms with Gasteiger partial charge in [0.25, 0.3) is 5.91 Å². The molecule has 0 aromatic heterocycles. The first-order valence-corrected chi connectivity index (χ1v) is 10.1. The second kappa shape index (κ2) is 10.1. The molecular weight excluding hydrogens is 362 g/mol. The van der Waals surface area contributed by atoms with Gasteiger partial charge in [0, 0.05) is 52.4 Å². The number of rotatable bonds is 5. The van der Waals surface area contributed by atoms with Crippen molar-refractivity contribution in [1.29, 1.82) is 0 Å². The van der Waals surface area contributed by atoms with Gasteiger partial charge in [-0.2, -0.15) is 0 Å². The maximum Gasteiger partial charge on any atom is 0.253 e. The van der Waals surface area contributed by atoms with E-state index in [-0.39, 0.29) is 5.91 Å². The Kier molecular flexibility index (Phi) is 7.25. The maximum absolute atomic E-state index is 12.7. The largest absolute Gasteiger partial charge is 0.352 e. The van der Waals surface area contributed by atoms with Crippen LogP contribution in [0.2, 0.25) is 0 Å². The van der Waals surface area contributed by atoms with Crippen molar-refractivity contribution in [2.45, 2.75) is 13.1 Å². The molecule has 1 heterocycles. The molecule has 0 unspecified atom stereocenters. The lowest BCUT2D eigenvalue weighted by molar-refractivity contribution is 0.0664. The zero-order chi connectivity index (χ0) is 20.6. The fourth-order valence-electron chi connectivity index (χ4n) is 3.24. The third-order valence-electron chi connectivity index (χ3n) is 5.12. The Labute approximate surface area is 173 Å². The molecule has 154 valence electrons. The summed E-state index contributed by atoms with van der Waals surface area (Å²) in [4.78, 5) is 23.5. The third kappa shape index (κ3) is 6.06. The van der Waals surface area contributed by atoms with Gasteiger partial charge in [-0.25, -0.2) is 4.99 Å². The number of nitrogens with one attached hydrogen (secondary N) is 1. The van der Waals surface area contributed by atoms with E-state index >= 15 is 0 Å². The molecule has 0 spiro atoms. The Morgan fingerprint density at radius 3 is 2.24 bits per heavy atom. The number of nitrogens with zero attached hydrogens (tertiary/aromatic N) is 4. The average Bonchev–Trinajstić information content (AvgIpc) is 2.74. The van der Waals surface area contributed by atoms with Crippen LogP contribution in [0.25, 0.3) is 0 Å². The van der Waals surface area contributed by atoms with Crippen LogP contribution in [-0.4, -0.2) is 73.9 Å². The minimum Gasteiger partial charge on any atom is -0.352 e. The highest BCUT2D eigenvalue weighted by atomic mass is 16.2. The van der Waals surface area contributed by atoms with Gasteiger partial charge in [0.1, 0.15) is 0 Å². The van der Waals surface area contributed by atoms with Crippen molar-refractivity contribution in [1.82, 2.24) is 20.0 Å². The Morgan fingerprint density at radius 2 is 1.62 bits per heavy atom. The topological polar surface area (TPSA) is 51.2 Å². The summed E-state index contributed by atoms with van der Waals surface area (Å²) in [7, 11) is 6.05. The molecule has 1 amide bonds. The lowest BCUT2D eigenvalue weighted by atomic mass is 10.1. The van der Waals surface area contributed by atoms with E-state index in [4.69, 9.17) is 0 Å². The quantitative estimate of drug-likeness (QED) is 0.626. The van der Waals surface area contributed by atoms with Crippen molar-refractivity contribution >= 4 is 11.9 Å². The summed E-state index contributed by atoms with van der Waals surface area (Å²) in [6.07, 6.45) is 0. The van der Waals surface area contributed by atoms with Crippen LogP contribution >= 0.6 is 0 Å². The predicted octanol–water partition coefficient (Wildman–Crippen LogP) is 2.28. The average molecular weight is 394 g/mol. The van der Waals surface area contributed by atoms with Gasteiger partial charge >= 0.3 is 0 Å². The minimum atomic E-state index is 0.121. The Bertz CT molecular complexity index is 809. The number of hydrogen-bond acceptors (Lipinski definition) is 3. The number of hydrogen-bond donors (Lipinski definition) is 1. The van der Waals surface area contributed by atoms with Crippen LogP contribution in [-0.2, 0) is 13.1 Å². The van der Waals surface area contributed by atoms with Crippen LogP contribution in [0.15, 0.2) is 59.6 Å². The number of benzene rings is 2. The molecule has 0 atom stereocenters. The van der Waals surface area contributed by atoms with Gasteiger partial charge < -0.3 is 20.0 Å². The second-order valence-electron chi connectivity index (χ2n) is 7.67. The van der Waals surface area contributed by atoms with E-state index in [1.54, 1.807) is 0 Å². The van der Waals surface area contributed by atoms with Crippen molar-refractivity contribution in [3.63, 3.8) is 0 Å². The number of guanidine groups is 1. The van der Waals surface area contributed by atoms with Crippen LogP contribution in [0, 0.1) is 0 Å². The standard InChI is InChI=1S/C23H31N5O/c1-26(2)23(24-17-19-7-5-4-6-8-19)25-18-20-9-11-21(12-10-20)22(29)28-15-13-27(3)14-16-28/h4-12H,13-18H2,1-3H3,(H,24,25). The van der Waals surface area contributed by atoms with Crippen molar-refractivity contribution in [2.75, 3.05) is 47.3 Å². The smallest absolute Gasteiger partial charge is 0.253 e. The normalized spacial score (nSPS) is 15.3. The van der Waals surface area contributed by atoms with Crippen molar-refractivity contribution in [3.8, 4) is 0 Å². The zero-order valence-corrected chi connectivity index (χ0v) is 17.6. The van der Waals surface area contributed by atoms with Crippen LogP contribution in [0.4, 0.5) is 0 Å². The van der Waals surface area contributed by atoms with E-state index in [9.17, 15) is 4.79 Å². The van der Waals surface area contributed by atoms with Gasteiger partial charge in [-0.15, -0.1) is 0 Å². The molecule has 3 rings (SSSR count). The summed E-state index contributed by atoms with van der Waals surface area (Å²) in [5.41, 5.74) is 3.05. The number of carbonyl (C=O) groups excluding carboxylic acids is 1. The minimum absolute atomic E-state index is 0.121. The first-order valence-electron chi connectivity index (χ1n) is 10.1. The lowest BCUT2D eigenvalue weighted by Gasteiger charge is -2.32. The van der Waals surface area contributed by atoms with Gasteiger partial charge in [0.15, 0.2) is 5.96 Å². The first kappa shape index (κ1) is 20.9. The van der Waals surface area contributed by atoms with Gasteiger partial charge in [-0.3, -0.25) is 4.79 Å². The molecule has 1 saturated heterocycles. The number of amides is 1. The summed E-state index contributed by atoms with van der Waals surface area (Å²) in [5, 5.41) is 3.40. The molecule has 2 aromatic rings. The maximum atomic E-state index is 12.7. The summed E-state index contributed by atoms with van der Waals surface area (Å²) >= 11 is 0. The van der Waals surface area contributed by atoms with Crippen molar-refractivity contribution in [2.24, 2.45) is 4.99 Å². The number of carbonyl (C=O) groups is 1. The lowest BCUT2D eigenvalue weighted by Crippen LogP contribution is -2.47. The van der Waals surface area contributed by atoms with Crippen LogP contribution in [0.3, 0.4) is 0 Å². The highest BCUT2D eigenvalue weighted by Gasteiger charge is 2.20. The summed E-state index contributed by atoms with van der Waals surface area (Å²) in [5.74, 6) is 0.961. The predicted molar refractivity (Wildman–Crippen MR) is 118 cm³/mol. The summed E-state index contributed by atoms with van der Waals surface area (Å²) in [6.45, 7) is 4.76. The van der Waals surface area contributed by atoms with E-state index in [0.717, 1.165) is 43.3 Å². The number of likely N-dealkylation sites (N-methyl/N-ethyl adjacent to an activating group) is 1. The zero-order valence-electron chi connectivity index (χ0n) is 17.6. The van der Waals surface area contributed by atoms with E-state index in [0.29, 0.717) is 13.1 Å². The molecular formula is C23H31N5O. The molecule has 1 aliphatic heterocycles. The molecule has 0 radical (unpaired) electrons. The first-order chi connectivity index (χ1) is 14.0. The molecule has 1 N–H and O–H groups in total. The van der Waals surface area contributed by atoms with Crippen LogP contribution in [0.1, 0.15) is 21.5 Å². The third-order valence-corrected chi connectivity index (χ3v) is 5.12. The molecule has 0 saturated carbocycles. The Morgan fingerprint density at radius 1 is 0.966 bits per heavy atom. The molecule has 1 aliphatic rings. The van der Waals surface area contributed by atoms with Crippen LogP contribution < -0.4 is 5.32 Å². The molecule has 2 aromatic carbocycles. The molecule has 29 heavy (non-hydrogen) atoms. The van der Waals surface area contributed by atoms with Gasteiger partial charge in [-0.05, 0) is 30.3 Å². The van der Waals surface area contributed by atoms with E-state index in [2.05, 4.69) is 34.4 Å². The van der Waals surface area contributed by atoms with Crippen molar-refractivity contribution in [3.05, 3.63) is 71.3 Å². The number of piperazine rings is 1. The Balaban J connectivity index is 1.56. The van der Waals surface area contributed by atoms with Gasteiger partial charge in [-0.1, -0.05) is 42.5 Å². The van der Waals surface area contributed by atoms with E-state index < -0.39 is 0 Å². The fourth-order valence-corrected chi connectivity index (χ4v) is 3.24. The van der Waals surface area contributed by atoms with Gasteiger partial charge in [0.05, 0.1) is 6.54 Å². The fraction of sp³-hybridized carbons (Fsp3) is 0.391. The molecule has 6 nitrogen and oxygen atoms in total. The van der Waals surface area contributed by atoms with E-state index in [1.165, 1.54) is 5.56 Å². The second-order valence-corrected chi connectivity index (χ2v) is 7.67. The van der Waals surface area contributed by atoms with Gasteiger partial charge in [0.2, 0.25) is 0 Å². The molecule has 0 bridgehead atoms. The highest BCUT2D eigenvalue weighted by Crippen LogP contribution is 2.10. The number of aliphatic imine (C=N–C) groups is 1. The summed E-state index contributed by atoms with van der Waals surface area (Å²) < 4.78 is 0.